The first kappa shape index (κ1) is 17.4. The van der Waals surface area contributed by atoms with Crippen molar-refractivity contribution in [3.05, 3.63) is 84.4 Å². The molecule has 2 aromatic carbocycles. The molecule has 8 heteroatoms. The highest BCUT2D eigenvalue weighted by atomic mass is 32.2. The molecule has 0 bridgehead atoms. The van der Waals surface area contributed by atoms with Crippen LogP contribution in [0.3, 0.4) is 0 Å². The van der Waals surface area contributed by atoms with Gasteiger partial charge >= 0.3 is 6.03 Å². The van der Waals surface area contributed by atoms with E-state index in [-0.39, 0.29) is 10.3 Å². The number of nitrogens with one attached hydrogen (secondary N) is 1. The summed E-state index contributed by atoms with van der Waals surface area (Å²) in [5.74, 6) is 0. The van der Waals surface area contributed by atoms with Gasteiger partial charge in [-0.2, -0.15) is 9.72 Å². The molecule has 0 fully saturated rings. The normalized spacial score (nSPS) is 11.9. The van der Waals surface area contributed by atoms with E-state index in [1.54, 1.807) is 42.5 Å². The van der Waals surface area contributed by atoms with Gasteiger partial charge in [0.2, 0.25) is 9.84 Å². The van der Waals surface area contributed by atoms with Gasteiger partial charge in [0.1, 0.15) is 0 Å². The lowest BCUT2D eigenvalue weighted by molar-refractivity contribution is 0.157. The van der Waals surface area contributed by atoms with Crippen LogP contribution in [0.1, 0.15) is 0 Å². The predicted octanol–water partition coefficient (Wildman–Crippen LogP) is 2.69. The molecule has 2 amide bonds. The Kier molecular flexibility index (Phi) is 4.85. The zero-order valence-corrected chi connectivity index (χ0v) is 14.3. The highest BCUT2D eigenvalue weighted by molar-refractivity contribution is 7.91. The molecule has 0 spiro atoms. The van der Waals surface area contributed by atoms with Gasteiger partial charge in [0.05, 0.1) is 10.3 Å². The number of hydrogen-bond acceptors (Lipinski definition) is 4. The number of nitrogens with zero attached hydrogens (tertiary/aromatic N) is 2. The lowest BCUT2D eigenvalue weighted by atomic mass is 10.3. The van der Waals surface area contributed by atoms with E-state index in [1.165, 1.54) is 18.2 Å². The Hall–Kier alpha value is -3.39. The largest absolute Gasteiger partial charge is 0.428 e. The number of aromatic nitrogens is 1. The zero-order chi connectivity index (χ0) is 18.6. The Labute approximate surface area is 149 Å². The highest BCUT2D eigenvalue weighted by Gasteiger charge is 2.21. The molecule has 26 heavy (non-hydrogen) atoms. The number of urea groups is 1. The van der Waals surface area contributed by atoms with Gasteiger partial charge in [-0.05, 0) is 30.3 Å². The van der Waals surface area contributed by atoms with E-state index >= 15 is 0 Å². The molecule has 3 rings (SSSR count). The van der Waals surface area contributed by atoms with E-state index in [1.807, 2.05) is 6.07 Å². The number of benzene rings is 2. The summed E-state index contributed by atoms with van der Waals surface area (Å²) in [6.45, 7) is 0. The minimum atomic E-state index is -3.97. The first-order valence-corrected chi connectivity index (χ1v) is 9.08. The van der Waals surface area contributed by atoms with Gasteiger partial charge < -0.3 is 10.5 Å². The lowest BCUT2D eigenvalue weighted by Gasteiger charge is -2.08. The maximum Gasteiger partial charge on any atom is 0.345 e. The second-order valence-electron chi connectivity index (χ2n) is 5.29. The molecule has 3 aromatic rings. The first-order chi connectivity index (χ1) is 12.5. The number of anilines is 1. The van der Waals surface area contributed by atoms with Crippen molar-refractivity contribution in [2.24, 2.45) is 4.99 Å². The van der Waals surface area contributed by atoms with Crippen LogP contribution in [0.5, 0.6) is 0 Å². The average molecular weight is 369 g/mol. The summed E-state index contributed by atoms with van der Waals surface area (Å²) < 4.78 is 25.8. The molecule has 0 atom stereocenters. The van der Waals surface area contributed by atoms with E-state index < -0.39 is 20.9 Å². The van der Waals surface area contributed by atoms with E-state index in [2.05, 4.69) is 10.3 Å². The number of hydrogen-bond donors (Lipinski definition) is 2. The molecular weight excluding hydrogens is 354 g/mol. The fraction of sp³-hybridized carbons (Fsp3) is 0. The molecule has 0 aliphatic carbocycles. The standard InChI is InChI=1S/C18H15N3O4S/c22-18(19-14-7-3-1-4-8-14)20-15-11-12-21(23)17(13-15)26(24,25)16-9-5-2-6-10-16/h1-13,23H,(H,19,22). The molecule has 1 aromatic heterocycles. The molecule has 2 N–H and O–H groups in total. The van der Waals surface area contributed by atoms with E-state index in [0.29, 0.717) is 10.4 Å². The molecule has 0 radical (unpaired) electrons. The van der Waals surface area contributed by atoms with Crippen molar-refractivity contribution in [2.45, 2.75) is 9.92 Å². The summed E-state index contributed by atoms with van der Waals surface area (Å²) in [4.78, 5) is 15.8. The van der Waals surface area contributed by atoms with Crippen LogP contribution in [0.4, 0.5) is 10.5 Å². The fourth-order valence-corrected chi connectivity index (χ4v) is 3.58. The summed E-state index contributed by atoms with van der Waals surface area (Å²) in [7, 11) is -3.97. The van der Waals surface area contributed by atoms with Gasteiger partial charge in [0, 0.05) is 18.0 Å². The Morgan fingerprint density at radius 1 is 0.962 bits per heavy atom. The van der Waals surface area contributed by atoms with Gasteiger partial charge in [-0.3, -0.25) is 0 Å². The number of sulfone groups is 1. The zero-order valence-electron chi connectivity index (χ0n) is 13.5. The SMILES string of the molecule is O=C(N=c1ccn(O)c(S(=O)(=O)c2ccccc2)c1)Nc1ccccc1. The molecule has 132 valence electrons. The van der Waals surface area contributed by atoms with Crippen molar-refractivity contribution < 1.29 is 18.4 Å². The third kappa shape index (κ3) is 3.81. The topological polar surface area (TPSA) is 101 Å². The number of para-hydroxylation sites is 1. The van der Waals surface area contributed by atoms with Crippen LogP contribution in [0.2, 0.25) is 0 Å². The minimum absolute atomic E-state index is 0.0219. The van der Waals surface area contributed by atoms with Crippen molar-refractivity contribution in [3.63, 3.8) is 0 Å². The van der Waals surface area contributed by atoms with Crippen molar-refractivity contribution in [2.75, 3.05) is 5.32 Å². The smallest absolute Gasteiger partial charge is 0.345 e. The highest BCUT2D eigenvalue weighted by Crippen LogP contribution is 2.18. The van der Waals surface area contributed by atoms with Gasteiger partial charge in [-0.25, -0.2) is 13.2 Å². The first-order valence-electron chi connectivity index (χ1n) is 7.60. The van der Waals surface area contributed by atoms with Crippen molar-refractivity contribution in [3.8, 4) is 0 Å². The Bertz CT molecular complexity index is 1090. The summed E-state index contributed by atoms with van der Waals surface area (Å²) >= 11 is 0. The van der Waals surface area contributed by atoms with Crippen LogP contribution in [-0.4, -0.2) is 24.4 Å². The van der Waals surface area contributed by atoms with Crippen LogP contribution in [0, 0.1) is 0 Å². The van der Waals surface area contributed by atoms with Gasteiger partial charge in [0.25, 0.3) is 0 Å². The molecule has 0 saturated carbocycles. The van der Waals surface area contributed by atoms with Crippen LogP contribution >= 0.6 is 0 Å². The maximum absolute atomic E-state index is 12.7. The molecule has 0 saturated heterocycles. The third-order valence-electron chi connectivity index (χ3n) is 3.47. The van der Waals surface area contributed by atoms with Crippen molar-refractivity contribution in [1.82, 2.24) is 4.73 Å². The van der Waals surface area contributed by atoms with Crippen molar-refractivity contribution >= 4 is 21.6 Å². The monoisotopic (exact) mass is 369 g/mol. The summed E-state index contributed by atoms with van der Waals surface area (Å²) in [5, 5.41) is 12.2. The maximum atomic E-state index is 12.7. The van der Waals surface area contributed by atoms with E-state index in [9.17, 15) is 18.4 Å². The summed E-state index contributed by atoms with van der Waals surface area (Å²) in [5.41, 5.74) is 0.562. The predicted molar refractivity (Wildman–Crippen MR) is 94.5 cm³/mol. The Balaban J connectivity index is 1.97. The molecule has 7 nitrogen and oxygen atoms in total. The van der Waals surface area contributed by atoms with Crippen LogP contribution < -0.4 is 10.7 Å². The van der Waals surface area contributed by atoms with Gasteiger partial charge in [-0.1, -0.05) is 36.4 Å². The van der Waals surface area contributed by atoms with Gasteiger partial charge in [-0.15, -0.1) is 0 Å². The van der Waals surface area contributed by atoms with Crippen LogP contribution in [0.25, 0.3) is 0 Å². The number of amides is 2. The summed E-state index contributed by atoms with van der Waals surface area (Å²) in [6, 6.07) is 18.2. The molecule has 1 heterocycles. The average Bonchev–Trinajstić information content (AvgIpc) is 2.64. The number of carbonyl (C=O) groups excluding carboxylic acids is 1. The second kappa shape index (κ2) is 7.24. The van der Waals surface area contributed by atoms with Gasteiger partial charge in [0.15, 0.2) is 5.03 Å². The quantitative estimate of drug-likeness (QED) is 0.693. The van der Waals surface area contributed by atoms with E-state index in [4.69, 9.17) is 0 Å². The Morgan fingerprint density at radius 2 is 1.58 bits per heavy atom. The summed E-state index contributed by atoms with van der Waals surface area (Å²) in [6.07, 6.45) is 1.12. The second-order valence-corrected chi connectivity index (χ2v) is 7.19. The molecular formula is C18H15N3O4S. The number of pyridine rings is 1. The van der Waals surface area contributed by atoms with Crippen LogP contribution in [-0.2, 0) is 9.84 Å². The Morgan fingerprint density at radius 3 is 2.23 bits per heavy atom. The van der Waals surface area contributed by atoms with Crippen molar-refractivity contribution in [1.29, 1.82) is 0 Å². The van der Waals surface area contributed by atoms with Crippen LogP contribution in [0.15, 0.2) is 93.9 Å². The minimum Gasteiger partial charge on any atom is -0.428 e. The van der Waals surface area contributed by atoms with E-state index in [0.717, 1.165) is 12.3 Å². The number of rotatable bonds is 3. The lowest BCUT2D eigenvalue weighted by Crippen LogP contribution is -2.18. The molecule has 0 aliphatic rings. The molecule has 0 aliphatic heterocycles. The fourth-order valence-electron chi connectivity index (χ4n) is 2.24. The molecule has 0 unspecified atom stereocenters. The third-order valence-corrected chi connectivity index (χ3v) is 5.22. The number of carbonyl (C=O) groups is 1.